The number of halogens is 2. The fourth-order valence-corrected chi connectivity index (χ4v) is 8.27. The van der Waals surface area contributed by atoms with E-state index in [0.717, 1.165) is 39.9 Å². The minimum atomic E-state index is -0.329. The summed E-state index contributed by atoms with van der Waals surface area (Å²) in [4.78, 5) is 31.4. The van der Waals surface area contributed by atoms with Gasteiger partial charge in [0.1, 0.15) is 9.88 Å². The van der Waals surface area contributed by atoms with Crippen molar-refractivity contribution in [3.63, 3.8) is 0 Å². The summed E-state index contributed by atoms with van der Waals surface area (Å²) >= 11 is 21.3. The number of hydrogen-bond donors (Lipinski definition) is 1. The van der Waals surface area contributed by atoms with Crippen LogP contribution in [0.15, 0.2) is 18.2 Å². The molecule has 0 bridgehead atoms. The molecule has 1 fully saturated rings. The number of anilines is 1. The lowest BCUT2D eigenvalue weighted by Crippen LogP contribution is -2.51. The van der Waals surface area contributed by atoms with Crippen molar-refractivity contribution in [1.29, 1.82) is 0 Å². The molecule has 1 aliphatic carbocycles. The number of carbonyl (C=O) groups excluding carboxylic acids is 2. The molecule has 1 N–H and O–H groups in total. The first-order valence-electron chi connectivity index (χ1n) is 11.7. The summed E-state index contributed by atoms with van der Waals surface area (Å²) in [6, 6.07) is 5.46. The predicted molar refractivity (Wildman–Crippen MR) is 152 cm³/mol. The standard InChI is InChI=1S/C25H25Cl2N3O3S3/c1-13-3-5-15-17(11-13)36-22(19(15)24(32)33-2)28-25(34)30-9-7-29(8-10-30)23(31)21-20(27)16-6-4-14(26)12-18(16)35-21/h4,6,12-13H,3,5,7-11H2,1-2H3,(H,28,34). The van der Waals surface area contributed by atoms with Gasteiger partial charge in [-0.15, -0.1) is 22.7 Å². The lowest BCUT2D eigenvalue weighted by Gasteiger charge is -2.36. The molecule has 5 rings (SSSR count). The molecule has 1 amide bonds. The molecule has 1 aromatic carbocycles. The number of hydrogen-bond acceptors (Lipinski definition) is 6. The highest BCUT2D eigenvalue weighted by Gasteiger charge is 2.31. The van der Waals surface area contributed by atoms with Crippen LogP contribution in [0.3, 0.4) is 0 Å². The van der Waals surface area contributed by atoms with E-state index < -0.39 is 0 Å². The molecule has 1 unspecified atom stereocenters. The normalized spacial score (nSPS) is 17.7. The van der Waals surface area contributed by atoms with E-state index in [2.05, 4.69) is 12.2 Å². The average molecular weight is 583 g/mol. The zero-order valence-electron chi connectivity index (χ0n) is 19.9. The molecule has 1 atom stereocenters. The Morgan fingerprint density at radius 2 is 1.86 bits per heavy atom. The molecular weight excluding hydrogens is 557 g/mol. The summed E-state index contributed by atoms with van der Waals surface area (Å²) in [5.41, 5.74) is 1.70. The lowest BCUT2D eigenvalue weighted by molar-refractivity contribution is 0.0600. The van der Waals surface area contributed by atoms with E-state index in [4.69, 9.17) is 40.2 Å². The topological polar surface area (TPSA) is 61.9 Å². The Hall–Kier alpha value is -1.91. The number of thiocarbonyl (C=S) groups is 1. The van der Waals surface area contributed by atoms with E-state index in [0.29, 0.717) is 57.7 Å². The minimum absolute atomic E-state index is 0.0797. The maximum Gasteiger partial charge on any atom is 0.341 e. The molecule has 1 aliphatic heterocycles. The molecule has 2 aromatic heterocycles. The van der Waals surface area contributed by atoms with Crippen LogP contribution in [-0.2, 0) is 17.6 Å². The summed E-state index contributed by atoms with van der Waals surface area (Å²) in [5.74, 6) is 0.187. The number of esters is 1. The number of methoxy groups -OCH3 is 1. The van der Waals surface area contributed by atoms with Crippen LogP contribution < -0.4 is 5.32 Å². The predicted octanol–water partition coefficient (Wildman–Crippen LogP) is 6.34. The lowest BCUT2D eigenvalue weighted by atomic mass is 9.88. The Morgan fingerprint density at radius 1 is 1.14 bits per heavy atom. The summed E-state index contributed by atoms with van der Waals surface area (Å²) in [7, 11) is 1.41. The van der Waals surface area contributed by atoms with Crippen molar-refractivity contribution in [1.82, 2.24) is 9.80 Å². The number of thiophene rings is 2. The third-order valence-corrected chi connectivity index (χ3v) is 10.2. The second kappa shape index (κ2) is 10.5. The van der Waals surface area contributed by atoms with Crippen LogP contribution in [0.5, 0.6) is 0 Å². The van der Waals surface area contributed by atoms with E-state index in [1.54, 1.807) is 17.4 Å². The Morgan fingerprint density at radius 3 is 2.58 bits per heavy atom. The third-order valence-electron chi connectivity index (χ3n) is 6.76. The van der Waals surface area contributed by atoms with Gasteiger partial charge in [-0.1, -0.05) is 36.2 Å². The van der Waals surface area contributed by atoms with Crippen LogP contribution in [0.2, 0.25) is 10.0 Å². The quantitative estimate of drug-likeness (QED) is 0.288. The highest BCUT2D eigenvalue weighted by atomic mass is 35.5. The van der Waals surface area contributed by atoms with Gasteiger partial charge < -0.3 is 19.9 Å². The maximum absolute atomic E-state index is 13.2. The first-order chi connectivity index (χ1) is 17.3. The SMILES string of the molecule is COC(=O)c1c(NC(=S)N2CCN(C(=O)c3sc4cc(Cl)ccc4c3Cl)CC2)sc2c1CCC(C)C2. The maximum atomic E-state index is 13.2. The van der Waals surface area contributed by atoms with Crippen LogP contribution >= 0.6 is 58.1 Å². The van der Waals surface area contributed by atoms with Gasteiger partial charge in [-0.25, -0.2) is 4.79 Å². The fraction of sp³-hybridized carbons (Fsp3) is 0.400. The van der Waals surface area contributed by atoms with Gasteiger partial charge in [0.25, 0.3) is 5.91 Å². The van der Waals surface area contributed by atoms with Gasteiger partial charge in [0.2, 0.25) is 0 Å². The monoisotopic (exact) mass is 581 g/mol. The zero-order valence-corrected chi connectivity index (χ0v) is 23.8. The highest BCUT2D eigenvalue weighted by Crippen LogP contribution is 2.40. The molecule has 3 aromatic rings. The van der Waals surface area contributed by atoms with Crippen molar-refractivity contribution in [2.45, 2.75) is 26.2 Å². The van der Waals surface area contributed by atoms with Crippen LogP contribution in [-0.4, -0.2) is 60.1 Å². The van der Waals surface area contributed by atoms with Crippen molar-refractivity contribution < 1.29 is 14.3 Å². The molecule has 6 nitrogen and oxygen atoms in total. The zero-order chi connectivity index (χ0) is 25.6. The number of ether oxygens (including phenoxy) is 1. The Labute approximate surface area is 233 Å². The first-order valence-corrected chi connectivity index (χ1v) is 14.5. The van der Waals surface area contributed by atoms with Crippen LogP contribution in [0.1, 0.15) is 43.8 Å². The molecule has 1 saturated heterocycles. The molecule has 36 heavy (non-hydrogen) atoms. The van der Waals surface area contributed by atoms with Gasteiger partial charge >= 0.3 is 5.97 Å². The van der Waals surface area contributed by atoms with E-state index in [1.807, 2.05) is 21.9 Å². The molecular formula is C25H25Cl2N3O3S3. The number of nitrogens with one attached hydrogen (secondary N) is 1. The second-order valence-corrected chi connectivity index (χ2v) is 12.5. The summed E-state index contributed by atoms with van der Waals surface area (Å²) in [5, 5.41) is 6.55. The fourth-order valence-electron chi connectivity index (χ4n) is 4.77. The van der Waals surface area contributed by atoms with Crippen LogP contribution in [0.4, 0.5) is 5.00 Å². The molecule has 0 saturated carbocycles. The van der Waals surface area contributed by atoms with Crippen molar-refractivity contribution in [3.05, 3.63) is 49.1 Å². The van der Waals surface area contributed by atoms with E-state index >= 15 is 0 Å². The molecule has 2 aliphatic rings. The number of piperazine rings is 1. The summed E-state index contributed by atoms with van der Waals surface area (Å²) < 4.78 is 5.98. The summed E-state index contributed by atoms with van der Waals surface area (Å²) in [6.07, 6.45) is 2.90. The van der Waals surface area contributed by atoms with Gasteiger partial charge in [0.15, 0.2) is 5.11 Å². The van der Waals surface area contributed by atoms with Crippen molar-refractivity contribution in [2.24, 2.45) is 5.92 Å². The van der Waals surface area contributed by atoms with Crippen molar-refractivity contribution in [3.8, 4) is 0 Å². The number of nitrogens with zero attached hydrogens (tertiary/aromatic N) is 2. The third kappa shape index (κ3) is 4.84. The summed E-state index contributed by atoms with van der Waals surface area (Å²) in [6.45, 7) is 4.45. The number of benzene rings is 1. The van der Waals surface area contributed by atoms with E-state index in [-0.39, 0.29) is 11.9 Å². The van der Waals surface area contributed by atoms with Gasteiger partial charge in [-0.3, -0.25) is 4.79 Å². The molecule has 190 valence electrons. The molecule has 0 spiro atoms. The largest absolute Gasteiger partial charge is 0.465 e. The second-order valence-electron chi connectivity index (χ2n) is 9.14. The number of carbonyl (C=O) groups is 2. The molecule has 11 heteroatoms. The number of amides is 1. The van der Waals surface area contributed by atoms with Gasteiger partial charge in [0, 0.05) is 46.2 Å². The van der Waals surface area contributed by atoms with Gasteiger partial charge in [0.05, 0.1) is 17.7 Å². The van der Waals surface area contributed by atoms with Gasteiger partial charge in [-0.2, -0.15) is 0 Å². The average Bonchev–Trinajstić information content (AvgIpc) is 3.39. The first kappa shape index (κ1) is 25.7. The van der Waals surface area contributed by atoms with E-state index in [9.17, 15) is 9.59 Å². The Bertz CT molecular complexity index is 1360. The van der Waals surface area contributed by atoms with Gasteiger partial charge in [-0.05, 0) is 55.1 Å². The number of rotatable bonds is 3. The minimum Gasteiger partial charge on any atom is -0.465 e. The number of fused-ring (bicyclic) bond motifs is 2. The highest BCUT2D eigenvalue weighted by molar-refractivity contribution is 7.80. The molecule has 3 heterocycles. The van der Waals surface area contributed by atoms with E-state index in [1.165, 1.54) is 23.3 Å². The van der Waals surface area contributed by atoms with Crippen molar-refractivity contribution >= 4 is 90.2 Å². The smallest absolute Gasteiger partial charge is 0.341 e. The van der Waals surface area contributed by atoms with Crippen LogP contribution in [0, 0.1) is 5.92 Å². The van der Waals surface area contributed by atoms with Crippen LogP contribution in [0.25, 0.3) is 10.1 Å². The Balaban J connectivity index is 1.26. The van der Waals surface area contributed by atoms with Crippen molar-refractivity contribution in [2.75, 3.05) is 38.6 Å². The Kier molecular flexibility index (Phi) is 7.47. The molecule has 0 radical (unpaired) electrons.